The van der Waals surface area contributed by atoms with Gasteiger partial charge in [-0.2, -0.15) is 0 Å². The molecule has 2 atom stereocenters. The second-order valence-corrected chi connectivity index (χ2v) is 5.96. The van der Waals surface area contributed by atoms with E-state index in [9.17, 15) is 13.2 Å². The number of amides is 1. The van der Waals surface area contributed by atoms with Crippen molar-refractivity contribution in [2.24, 2.45) is 5.92 Å². The third-order valence-corrected chi connectivity index (χ3v) is 5.37. The van der Waals surface area contributed by atoms with Gasteiger partial charge in [0.05, 0.1) is 11.2 Å². The lowest BCUT2D eigenvalue weighted by Gasteiger charge is -2.20. The molecule has 0 radical (unpaired) electrons. The molecule has 1 saturated heterocycles. The number of rotatable bonds is 0. The van der Waals surface area contributed by atoms with Crippen molar-refractivity contribution in [3.8, 4) is 0 Å². The highest BCUT2D eigenvalue weighted by molar-refractivity contribution is 7.90. The van der Waals surface area contributed by atoms with Crippen molar-refractivity contribution in [1.82, 2.24) is 4.31 Å². The van der Waals surface area contributed by atoms with Gasteiger partial charge in [0.1, 0.15) is 0 Å². The summed E-state index contributed by atoms with van der Waals surface area (Å²) in [4.78, 5) is 11.5. The summed E-state index contributed by atoms with van der Waals surface area (Å²) in [6.45, 7) is 0. The highest BCUT2D eigenvalue weighted by atomic mass is 32.2. The van der Waals surface area contributed by atoms with Crippen LogP contribution in [0.3, 0.4) is 0 Å². The third kappa shape index (κ3) is 1.10. The van der Waals surface area contributed by atoms with Crippen molar-refractivity contribution >= 4 is 15.9 Å². The van der Waals surface area contributed by atoms with E-state index in [0.29, 0.717) is 6.42 Å². The van der Waals surface area contributed by atoms with Gasteiger partial charge in [0, 0.05) is 7.05 Å². The summed E-state index contributed by atoms with van der Waals surface area (Å²) in [5.41, 5.74) is 0. The fourth-order valence-electron chi connectivity index (χ4n) is 2.30. The number of carbonyl (C=O) groups excluding carboxylic acids is 1. The van der Waals surface area contributed by atoms with E-state index in [4.69, 9.17) is 0 Å². The summed E-state index contributed by atoms with van der Waals surface area (Å²) in [7, 11) is -1.92. The number of fused-ring (bicyclic) bond motifs is 1. The van der Waals surface area contributed by atoms with Crippen LogP contribution in [0, 0.1) is 5.92 Å². The first kappa shape index (κ1) is 8.99. The molecular weight excluding hydrogens is 190 g/mol. The van der Waals surface area contributed by atoms with Crippen molar-refractivity contribution in [2.75, 3.05) is 7.05 Å². The number of nitrogens with zero attached hydrogens (tertiary/aromatic N) is 1. The quantitative estimate of drug-likeness (QED) is 0.570. The zero-order valence-corrected chi connectivity index (χ0v) is 8.38. The van der Waals surface area contributed by atoms with E-state index in [1.54, 1.807) is 0 Å². The summed E-state index contributed by atoms with van der Waals surface area (Å²) in [5, 5.41) is -0.418. The molecule has 0 N–H and O–H groups in total. The van der Waals surface area contributed by atoms with Crippen LogP contribution in [-0.4, -0.2) is 30.9 Å². The maximum absolute atomic E-state index is 11.6. The van der Waals surface area contributed by atoms with E-state index in [1.807, 2.05) is 0 Å². The van der Waals surface area contributed by atoms with Gasteiger partial charge in [-0.15, -0.1) is 0 Å². The Balaban J connectivity index is 2.41. The Morgan fingerprint density at radius 3 is 2.54 bits per heavy atom. The number of sulfonamides is 1. The third-order valence-electron chi connectivity index (χ3n) is 3.09. The smallest absolute Gasteiger partial charge is 0.240 e. The van der Waals surface area contributed by atoms with Gasteiger partial charge in [-0.3, -0.25) is 4.79 Å². The monoisotopic (exact) mass is 203 g/mol. The average Bonchev–Trinajstić information content (AvgIpc) is 2.30. The maximum atomic E-state index is 11.6. The van der Waals surface area contributed by atoms with Crippen LogP contribution in [0.25, 0.3) is 0 Å². The lowest BCUT2D eigenvalue weighted by Crippen LogP contribution is -2.28. The van der Waals surface area contributed by atoms with Gasteiger partial charge in [-0.05, 0) is 12.8 Å². The normalized spacial score (nSPS) is 37.6. The second-order valence-electron chi connectivity index (χ2n) is 3.78. The zero-order valence-electron chi connectivity index (χ0n) is 7.56. The van der Waals surface area contributed by atoms with Crippen LogP contribution >= 0.6 is 0 Å². The number of carbonyl (C=O) groups is 1. The van der Waals surface area contributed by atoms with Crippen LogP contribution in [0.4, 0.5) is 0 Å². The Bertz CT molecular complexity index is 335. The predicted molar refractivity (Wildman–Crippen MR) is 47.4 cm³/mol. The molecule has 0 aromatic rings. The van der Waals surface area contributed by atoms with Crippen LogP contribution in [0.5, 0.6) is 0 Å². The summed E-state index contributed by atoms with van der Waals surface area (Å²) in [5.74, 6) is -0.451. The molecule has 1 saturated carbocycles. The molecular formula is C8H13NO3S. The van der Waals surface area contributed by atoms with Crippen molar-refractivity contribution in [3.63, 3.8) is 0 Å². The molecule has 1 aliphatic carbocycles. The van der Waals surface area contributed by atoms with E-state index >= 15 is 0 Å². The molecule has 4 nitrogen and oxygen atoms in total. The highest BCUT2D eigenvalue weighted by Crippen LogP contribution is 2.37. The van der Waals surface area contributed by atoms with Crippen LogP contribution < -0.4 is 0 Å². The minimum atomic E-state index is -3.29. The second kappa shape index (κ2) is 2.70. The standard InChI is InChI=1S/C8H13NO3S/c1-9-8(10)6-4-2-3-5-7(6)13(9,11)12/h6-7H,2-5H2,1H3. The fourth-order valence-corrected chi connectivity index (χ4v) is 4.22. The first-order valence-electron chi connectivity index (χ1n) is 4.57. The highest BCUT2D eigenvalue weighted by Gasteiger charge is 2.50. The van der Waals surface area contributed by atoms with Crippen LogP contribution in [0.2, 0.25) is 0 Å². The lowest BCUT2D eigenvalue weighted by atomic mass is 9.88. The van der Waals surface area contributed by atoms with E-state index in [1.165, 1.54) is 7.05 Å². The number of hydrogen-bond acceptors (Lipinski definition) is 3. The molecule has 0 bridgehead atoms. The Morgan fingerprint density at radius 1 is 1.31 bits per heavy atom. The molecule has 1 amide bonds. The number of hydrogen-bond donors (Lipinski definition) is 0. The summed E-state index contributed by atoms with van der Waals surface area (Å²) in [6, 6.07) is 0. The lowest BCUT2D eigenvalue weighted by molar-refractivity contribution is -0.128. The van der Waals surface area contributed by atoms with Gasteiger partial charge < -0.3 is 0 Å². The van der Waals surface area contributed by atoms with Gasteiger partial charge in [0.15, 0.2) is 0 Å². The Hall–Kier alpha value is -0.580. The summed E-state index contributed by atoms with van der Waals surface area (Å²) >= 11 is 0. The Kier molecular flexibility index (Phi) is 1.87. The SMILES string of the molecule is CN1C(=O)C2CCCCC2S1(=O)=O. The average molecular weight is 203 g/mol. The van der Waals surface area contributed by atoms with E-state index in [2.05, 4.69) is 0 Å². The molecule has 13 heavy (non-hydrogen) atoms. The van der Waals surface area contributed by atoms with Gasteiger partial charge >= 0.3 is 0 Å². The van der Waals surface area contributed by atoms with Crippen molar-refractivity contribution in [2.45, 2.75) is 30.9 Å². The van der Waals surface area contributed by atoms with E-state index in [-0.39, 0.29) is 11.8 Å². The summed E-state index contributed by atoms with van der Waals surface area (Å²) in [6.07, 6.45) is 3.31. The molecule has 0 aromatic heterocycles. The Morgan fingerprint density at radius 2 is 1.92 bits per heavy atom. The van der Waals surface area contributed by atoms with Crippen molar-refractivity contribution in [3.05, 3.63) is 0 Å². The summed E-state index contributed by atoms with van der Waals surface area (Å²) < 4.78 is 24.2. The molecule has 0 aromatic carbocycles. The molecule has 1 heterocycles. The van der Waals surface area contributed by atoms with Crippen LogP contribution in [0.1, 0.15) is 25.7 Å². The topological polar surface area (TPSA) is 54.5 Å². The molecule has 74 valence electrons. The predicted octanol–water partition coefficient (Wildman–Crippen LogP) is 0.347. The Labute approximate surface area is 78.0 Å². The van der Waals surface area contributed by atoms with Crippen molar-refractivity contribution < 1.29 is 13.2 Å². The van der Waals surface area contributed by atoms with Gasteiger partial charge in [0.25, 0.3) is 0 Å². The van der Waals surface area contributed by atoms with Gasteiger partial charge in [-0.1, -0.05) is 12.8 Å². The molecule has 0 spiro atoms. The molecule has 5 heteroatoms. The minimum absolute atomic E-state index is 0.204. The molecule has 2 unspecified atom stereocenters. The molecule has 1 aliphatic heterocycles. The van der Waals surface area contributed by atoms with Crippen LogP contribution in [-0.2, 0) is 14.8 Å². The largest absolute Gasteiger partial charge is 0.273 e. The van der Waals surface area contributed by atoms with Crippen LogP contribution in [0.15, 0.2) is 0 Å². The zero-order chi connectivity index (χ0) is 9.64. The fraction of sp³-hybridized carbons (Fsp3) is 0.875. The molecule has 2 fully saturated rings. The van der Waals surface area contributed by atoms with E-state index < -0.39 is 15.3 Å². The van der Waals surface area contributed by atoms with Gasteiger partial charge in [-0.25, -0.2) is 12.7 Å². The first-order valence-corrected chi connectivity index (χ1v) is 6.07. The first-order chi connectivity index (χ1) is 6.05. The molecule has 2 aliphatic rings. The minimum Gasteiger partial charge on any atom is -0.273 e. The van der Waals surface area contributed by atoms with Gasteiger partial charge in [0.2, 0.25) is 15.9 Å². The maximum Gasteiger partial charge on any atom is 0.240 e. The molecule has 2 rings (SSSR count). The van der Waals surface area contributed by atoms with E-state index in [0.717, 1.165) is 23.6 Å². The van der Waals surface area contributed by atoms with Crippen molar-refractivity contribution in [1.29, 1.82) is 0 Å².